The molecule has 0 saturated heterocycles. The van der Waals surface area contributed by atoms with Gasteiger partial charge in [-0.3, -0.25) is 4.79 Å². The van der Waals surface area contributed by atoms with Crippen molar-refractivity contribution >= 4 is 5.97 Å². The fraction of sp³-hybridized carbons (Fsp3) is 0.917. The van der Waals surface area contributed by atoms with Crippen molar-refractivity contribution in [2.45, 2.75) is 59.0 Å². The lowest BCUT2D eigenvalue weighted by atomic mass is 9.78. The second kappa shape index (κ2) is 6.22. The lowest BCUT2D eigenvalue weighted by Gasteiger charge is -2.40. The van der Waals surface area contributed by atoms with Gasteiger partial charge in [-0.05, 0) is 19.3 Å². The first-order chi connectivity index (χ1) is 8.77. The van der Waals surface area contributed by atoms with Crippen molar-refractivity contribution in [1.82, 2.24) is 0 Å². The van der Waals surface area contributed by atoms with Crippen molar-refractivity contribution in [3.8, 4) is 0 Å². The van der Waals surface area contributed by atoms with Crippen LogP contribution in [0.4, 0.5) is 26.3 Å². The summed E-state index contributed by atoms with van der Waals surface area (Å²) in [6.07, 6.45) is -14.3. The highest BCUT2D eigenvalue weighted by Gasteiger charge is 2.72. The smallest absolute Gasteiger partial charge is 0.406 e. The number of esters is 1. The van der Waals surface area contributed by atoms with Gasteiger partial charge >= 0.3 is 18.3 Å². The summed E-state index contributed by atoms with van der Waals surface area (Å²) in [7, 11) is 0. The molecule has 0 amide bonds. The van der Waals surface area contributed by atoms with Crippen LogP contribution < -0.4 is 0 Å². The molecule has 0 heterocycles. The molecule has 20 heavy (non-hydrogen) atoms. The van der Waals surface area contributed by atoms with Gasteiger partial charge in [-0.15, -0.1) is 0 Å². The molecule has 0 radical (unpaired) electrons. The number of ether oxygens (including phenoxy) is 1. The van der Waals surface area contributed by atoms with Crippen LogP contribution in [-0.4, -0.2) is 24.4 Å². The molecule has 8 heteroatoms. The fourth-order valence-electron chi connectivity index (χ4n) is 1.60. The normalized spacial score (nSPS) is 15.3. The molecule has 0 rings (SSSR count). The Labute approximate surface area is 113 Å². The summed E-state index contributed by atoms with van der Waals surface area (Å²) in [5, 5.41) is 0. The standard InChI is InChI=1S/C12H18F6O2/c1-5-9(19)20-8(6-7(2)3)10(4,11(13,14)15)12(16,17)18/h7-8H,5-6H2,1-4H3. The Bertz CT molecular complexity index is 318. The Kier molecular flexibility index (Phi) is 5.92. The maximum Gasteiger partial charge on any atom is 0.406 e. The van der Waals surface area contributed by atoms with Crippen molar-refractivity contribution in [2.24, 2.45) is 11.3 Å². The van der Waals surface area contributed by atoms with E-state index in [-0.39, 0.29) is 13.3 Å². The lowest BCUT2D eigenvalue weighted by Crippen LogP contribution is -2.57. The van der Waals surface area contributed by atoms with Crippen molar-refractivity contribution in [1.29, 1.82) is 0 Å². The topological polar surface area (TPSA) is 26.3 Å². The summed E-state index contributed by atoms with van der Waals surface area (Å²) in [6, 6.07) is 0. The van der Waals surface area contributed by atoms with Gasteiger partial charge in [0.05, 0.1) is 0 Å². The lowest BCUT2D eigenvalue weighted by molar-refractivity contribution is -0.360. The van der Waals surface area contributed by atoms with Gasteiger partial charge in [-0.25, -0.2) is 0 Å². The number of carbonyl (C=O) groups is 1. The summed E-state index contributed by atoms with van der Waals surface area (Å²) in [5.74, 6) is -1.58. The highest BCUT2D eigenvalue weighted by atomic mass is 19.4. The van der Waals surface area contributed by atoms with Gasteiger partial charge < -0.3 is 4.74 Å². The van der Waals surface area contributed by atoms with E-state index in [9.17, 15) is 31.1 Å². The molecule has 1 unspecified atom stereocenters. The van der Waals surface area contributed by atoms with Crippen molar-refractivity contribution < 1.29 is 35.9 Å². The molecule has 2 nitrogen and oxygen atoms in total. The minimum absolute atomic E-state index is 0.0307. The van der Waals surface area contributed by atoms with E-state index in [2.05, 4.69) is 4.74 Å². The Morgan fingerprint density at radius 2 is 1.45 bits per heavy atom. The Morgan fingerprint density at radius 3 is 1.70 bits per heavy atom. The van der Waals surface area contributed by atoms with E-state index in [0.717, 1.165) is 0 Å². The molecular weight excluding hydrogens is 290 g/mol. The van der Waals surface area contributed by atoms with Crippen LogP contribution in [-0.2, 0) is 9.53 Å². The third-order valence-electron chi connectivity index (χ3n) is 3.07. The first kappa shape index (κ1) is 19.1. The Balaban J connectivity index is 5.70. The van der Waals surface area contributed by atoms with Crippen LogP contribution in [0.1, 0.15) is 40.5 Å². The van der Waals surface area contributed by atoms with E-state index in [1.165, 1.54) is 20.8 Å². The quantitative estimate of drug-likeness (QED) is 0.553. The summed E-state index contributed by atoms with van der Waals surface area (Å²) >= 11 is 0. The highest BCUT2D eigenvalue weighted by Crippen LogP contribution is 2.54. The molecule has 0 aromatic carbocycles. The van der Waals surface area contributed by atoms with Gasteiger partial charge in [0.25, 0.3) is 0 Å². The Hall–Kier alpha value is -0.950. The zero-order valence-corrected chi connectivity index (χ0v) is 11.7. The van der Waals surface area contributed by atoms with E-state index in [0.29, 0.717) is 0 Å². The van der Waals surface area contributed by atoms with Crippen LogP contribution in [0.15, 0.2) is 0 Å². The summed E-state index contributed by atoms with van der Waals surface area (Å²) in [5.41, 5.74) is -4.09. The van der Waals surface area contributed by atoms with E-state index in [1.807, 2.05) is 0 Å². The van der Waals surface area contributed by atoms with Crippen molar-refractivity contribution in [3.63, 3.8) is 0 Å². The maximum atomic E-state index is 12.9. The average molecular weight is 308 g/mol. The molecule has 1 atom stereocenters. The second-order valence-electron chi connectivity index (χ2n) is 5.16. The monoisotopic (exact) mass is 308 g/mol. The number of carbonyl (C=O) groups excluding carboxylic acids is 1. The third kappa shape index (κ3) is 4.02. The molecule has 0 aliphatic rings. The van der Waals surface area contributed by atoms with Gasteiger partial charge in [-0.2, -0.15) is 26.3 Å². The highest BCUT2D eigenvalue weighted by molar-refractivity contribution is 5.69. The largest absolute Gasteiger partial charge is 0.461 e. The number of alkyl halides is 6. The second-order valence-corrected chi connectivity index (χ2v) is 5.16. The van der Waals surface area contributed by atoms with Gasteiger partial charge in [0.2, 0.25) is 0 Å². The molecule has 0 fully saturated rings. The summed E-state index contributed by atoms with van der Waals surface area (Å²) in [6.45, 7) is 4.25. The fourth-order valence-corrected chi connectivity index (χ4v) is 1.60. The minimum Gasteiger partial charge on any atom is -0.461 e. The van der Waals surface area contributed by atoms with Crippen LogP contribution in [0.5, 0.6) is 0 Å². The first-order valence-corrected chi connectivity index (χ1v) is 6.10. The molecular formula is C12H18F6O2. The zero-order chi connectivity index (χ0) is 16.4. The third-order valence-corrected chi connectivity index (χ3v) is 3.07. The maximum absolute atomic E-state index is 12.9. The number of halogens is 6. The summed E-state index contributed by atoms with van der Waals surface area (Å²) in [4.78, 5) is 11.1. The van der Waals surface area contributed by atoms with Crippen LogP contribution in [0.2, 0.25) is 0 Å². The van der Waals surface area contributed by atoms with E-state index in [1.54, 1.807) is 0 Å². The van der Waals surface area contributed by atoms with E-state index >= 15 is 0 Å². The van der Waals surface area contributed by atoms with Crippen LogP contribution in [0.3, 0.4) is 0 Å². The van der Waals surface area contributed by atoms with E-state index < -0.39 is 42.2 Å². The zero-order valence-electron chi connectivity index (χ0n) is 11.7. The molecule has 0 spiro atoms. The predicted octanol–water partition coefficient (Wildman–Crippen LogP) is 4.49. The molecule has 0 aromatic rings. The van der Waals surface area contributed by atoms with Crippen LogP contribution in [0, 0.1) is 11.3 Å². The van der Waals surface area contributed by atoms with Gasteiger partial charge in [0.1, 0.15) is 6.10 Å². The number of hydrogen-bond donors (Lipinski definition) is 0. The molecule has 0 bridgehead atoms. The van der Waals surface area contributed by atoms with Gasteiger partial charge in [0, 0.05) is 6.42 Å². The average Bonchev–Trinajstić information content (AvgIpc) is 2.22. The molecule has 0 aliphatic carbocycles. The first-order valence-electron chi connectivity index (χ1n) is 6.10. The molecule has 0 aliphatic heterocycles. The summed E-state index contributed by atoms with van der Waals surface area (Å²) < 4.78 is 82.1. The van der Waals surface area contributed by atoms with Crippen LogP contribution in [0.25, 0.3) is 0 Å². The van der Waals surface area contributed by atoms with Gasteiger partial charge in [0.15, 0.2) is 5.41 Å². The van der Waals surface area contributed by atoms with Gasteiger partial charge in [-0.1, -0.05) is 20.8 Å². The van der Waals surface area contributed by atoms with Crippen molar-refractivity contribution in [2.75, 3.05) is 0 Å². The SMILES string of the molecule is CCC(=O)OC(CC(C)C)C(C)(C(F)(F)F)C(F)(F)F. The Morgan fingerprint density at radius 1 is 1.05 bits per heavy atom. The molecule has 0 aromatic heterocycles. The van der Waals surface area contributed by atoms with E-state index in [4.69, 9.17) is 0 Å². The predicted molar refractivity (Wildman–Crippen MR) is 59.8 cm³/mol. The molecule has 120 valence electrons. The minimum atomic E-state index is -5.57. The molecule has 0 saturated carbocycles. The molecule has 0 N–H and O–H groups in total. The van der Waals surface area contributed by atoms with Crippen LogP contribution >= 0.6 is 0 Å². The van der Waals surface area contributed by atoms with Crippen molar-refractivity contribution in [3.05, 3.63) is 0 Å². The number of hydrogen-bond acceptors (Lipinski definition) is 2. The number of rotatable bonds is 5.